The molecule has 3 heterocycles. The van der Waals surface area contributed by atoms with Crippen LogP contribution in [0.4, 0.5) is 0 Å². The predicted octanol–water partition coefficient (Wildman–Crippen LogP) is 2.51. The maximum Gasteiger partial charge on any atom is 0.236 e. The normalized spacial score (nSPS) is 21.3. The van der Waals surface area contributed by atoms with E-state index < -0.39 is 0 Å². The van der Waals surface area contributed by atoms with Crippen LogP contribution < -0.4 is 4.74 Å². The molecule has 1 fully saturated rings. The van der Waals surface area contributed by atoms with Crippen LogP contribution in [-0.4, -0.2) is 73.2 Å². The van der Waals surface area contributed by atoms with Gasteiger partial charge in [-0.05, 0) is 37.1 Å². The summed E-state index contributed by atoms with van der Waals surface area (Å²) in [5.41, 5.74) is 3.68. The monoisotopic (exact) mass is 369 g/mol. The number of hydrogen-bond donors (Lipinski definition) is 1. The van der Waals surface area contributed by atoms with Crippen LogP contribution in [0.5, 0.6) is 5.75 Å². The number of methoxy groups -OCH3 is 1. The Labute approximate surface area is 159 Å². The van der Waals surface area contributed by atoms with Crippen LogP contribution >= 0.6 is 0 Å². The van der Waals surface area contributed by atoms with Crippen molar-refractivity contribution in [1.29, 1.82) is 0 Å². The third-order valence-electron chi connectivity index (χ3n) is 5.48. The van der Waals surface area contributed by atoms with Crippen LogP contribution in [-0.2, 0) is 9.53 Å². The highest BCUT2D eigenvalue weighted by Crippen LogP contribution is 2.31. The first-order valence-corrected chi connectivity index (χ1v) is 9.60. The summed E-state index contributed by atoms with van der Waals surface area (Å²) < 4.78 is 10.9. The highest BCUT2D eigenvalue weighted by atomic mass is 16.5. The molecule has 27 heavy (non-hydrogen) atoms. The predicted molar refractivity (Wildman–Crippen MR) is 106 cm³/mol. The second-order valence-electron chi connectivity index (χ2n) is 7.35. The highest BCUT2D eigenvalue weighted by Gasteiger charge is 2.24. The van der Waals surface area contributed by atoms with Crippen molar-refractivity contribution in [3.63, 3.8) is 0 Å². The van der Waals surface area contributed by atoms with Crippen LogP contribution in [0.3, 0.4) is 0 Å². The molecule has 6 nitrogen and oxygen atoms in total. The van der Waals surface area contributed by atoms with Crippen molar-refractivity contribution < 1.29 is 14.3 Å². The molecule has 1 amide bonds. The zero-order chi connectivity index (χ0) is 18.8. The number of amides is 1. The lowest BCUT2D eigenvalue weighted by atomic mass is 9.99. The minimum atomic E-state index is 0.134. The third-order valence-corrected chi connectivity index (χ3v) is 5.48. The second-order valence-corrected chi connectivity index (χ2v) is 7.35. The van der Waals surface area contributed by atoms with Crippen molar-refractivity contribution in [2.75, 3.05) is 46.4 Å². The van der Waals surface area contributed by atoms with Gasteiger partial charge in [0, 0.05) is 48.8 Å². The van der Waals surface area contributed by atoms with E-state index in [9.17, 15) is 4.79 Å². The van der Waals surface area contributed by atoms with Gasteiger partial charge in [-0.2, -0.15) is 0 Å². The molecule has 1 atom stereocenters. The Hall–Kier alpha value is -2.31. The van der Waals surface area contributed by atoms with Crippen LogP contribution in [0.1, 0.15) is 18.9 Å². The molecule has 4 rings (SSSR count). The summed E-state index contributed by atoms with van der Waals surface area (Å²) in [6.45, 7) is 6.25. The molecule has 0 unspecified atom stereocenters. The molecule has 0 bridgehead atoms. The summed E-state index contributed by atoms with van der Waals surface area (Å²) in [7, 11) is 1.69. The Balaban J connectivity index is 1.42. The Bertz CT molecular complexity index is 857. The number of morpholine rings is 1. The minimum absolute atomic E-state index is 0.134. The number of ether oxygens (including phenoxy) is 2. The number of fused-ring (bicyclic) bond motifs is 1. The van der Waals surface area contributed by atoms with Crippen molar-refractivity contribution in [3.8, 4) is 5.75 Å². The number of nitrogens with one attached hydrogen (secondary N) is 1. The van der Waals surface area contributed by atoms with E-state index in [2.05, 4.69) is 34.3 Å². The molecule has 1 N–H and O–H groups in total. The van der Waals surface area contributed by atoms with Crippen LogP contribution in [0.15, 0.2) is 30.5 Å². The summed E-state index contributed by atoms with van der Waals surface area (Å²) in [6, 6.07) is 6.10. The molecule has 2 aromatic rings. The molecule has 2 aliphatic heterocycles. The van der Waals surface area contributed by atoms with Gasteiger partial charge in [0.15, 0.2) is 0 Å². The number of aromatic amines is 1. The van der Waals surface area contributed by atoms with Gasteiger partial charge in [-0.15, -0.1) is 0 Å². The number of nitrogens with zero attached hydrogens (tertiary/aromatic N) is 2. The number of rotatable bonds is 4. The first kappa shape index (κ1) is 18.1. The fraction of sp³-hybridized carbons (Fsp3) is 0.476. The summed E-state index contributed by atoms with van der Waals surface area (Å²) in [4.78, 5) is 20.1. The van der Waals surface area contributed by atoms with Gasteiger partial charge in [-0.1, -0.05) is 6.08 Å². The molecule has 2 aliphatic rings. The van der Waals surface area contributed by atoms with Gasteiger partial charge < -0.3 is 19.4 Å². The number of hydrogen-bond acceptors (Lipinski definition) is 4. The Morgan fingerprint density at radius 2 is 2.26 bits per heavy atom. The molecule has 0 aliphatic carbocycles. The number of H-pyrrole nitrogens is 1. The number of aromatic nitrogens is 1. The Kier molecular flexibility index (Phi) is 5.18. The Morgan fingerprint density at radius 1 is 1.37 bits per heavy atom. The number of carbonyl (C=O) groups excluding carboxylic acids is 1. The third kappa shape index (κ3) is 3.87. The maximum atomic E-state index is 12.6. The quantitative estimate of drug-likeness (QED) is 0.900. The zero-order valence-electron chi connectivity index (χ0n) is 16.0. The summed E-state index contributed by atoms with van der Waals surface area (Å²) in [5.74, 6) is 1.07. The smallest absolute Gasteiger partial charge is 0.236 e. The number of carbonyl (C=O) groups is 1. The fourth-order valence-corrected chi connectivity index (χ4v) is 3.93. The largest absolute Gasteiger partial charge is 0.497 e. The fourth-order valence-electron chi connectivity index (χ4n) is 3.93. The van der Waals surface area contributed by atoms with Gasteiger partial charge in [0.25, 0.3) is 0 Å². The summed E-state index contributed by atoms with van der Waals surface area (Å²) in [6.07, 6.45) is 5.40. The topological polar surface area (TPSA) is 57.8 Å². The van der Waals surface area contributed by atoms with E-state index in [4.69, 9.17) is 9.47 Å². The average molecular weight is 369 g/mol. The molecular formula is C21H27N3O3. The van der Waals surface area contributed by atoms with Gasteiger partial charge in [-0.3, -0.25) is 9.69 Å². The first-order valence-electron chi connectivity index (χ1n) is 9.60. The van der Waals surface area contributed by atoms with E-state index >= 15 is 0 Å². The Morgan fingerprint density at radius 3 is 3.00 bits per heavy atom. The van der Waals surface area contributed by atoms with Crippen molar-refractivity contribution in [1.82, 2.24) is 14.8 Å². The SMILES string of the molecule is COc1ccc2[nH]cc(C3=CCN(CC(=O)N4CCO[C@@H](C)C4)CC3)c2c1. The molecule has 1 saturated heterocycles. The van der Waals surface area contributed by atoms with Crippen molar-refractivity contribution in [2.45, 2.75) is 19.4 Å². The van der Waals surface area contributed by atoms with E-state index in [-0.39, 0.29) is 12.0 Å². The van der Waals surface area contributed by atoms with E-state index in [1.54, 1.807) is 7.11 Å². The lowest BCUT2D eigenvalue weighted by Gasteiger charge is -2.33. The molecule has 6 heteroatoms. The first-order chi connectivity index (χ1) is 13.1. The van der Waals surface area contributed by atoms with E-state index in [0.717, 1.165) is 30.8 Å². The molecule has 0 radical (unpaired) electrons. The van der Waals surface area contributed by atoms with E-state index in [1.165, 1.54) is 16.5 Å². The van der Waals surface area contributed by atoms with Gasteiger partial charge >= 0.3 is 0 Å². The van der Waals surface area contributed by atoms with Gasteiger partial charge in [0.2, 0.25) is 5.91 Å². The molecular weight excluding hydrogens is 342 g/mol. The van der Waals surface area contributed by atoms with Gasteiger partial charge in [-0.25, -0.2) is 0 Å². The maximum absolute atomic E-state index is 12.6. The summed E-state index contributed by atoms with van der Waals surface area (Å²) >= 11 is 0. The molecule has 1 aromatic carbocycles. The van der Waals surface area contributed by atoms with Crippen LogP contribution in [0.2, 0.25) is 0 Å². The van der Waals surface area contributed by atoms with Crippen molar-refractivity contribution in [3.05, 3.63) is 36.0 Å². The second kappa shape index (κ2) is 7.74. The molecule has 0 spiro atoms. The molecule has 1 aromatic heterocycles. The lowest BCUT2D eigenvalue weighted by Crippen LogP contribution is -2.48. The lowest BCUT2D eigenvalue weighted by molar-refractivity contribution is -0.139. The number of benzene rings is 1. The van der Waals surface area contributed by atoms with Crippen LogP contribution in [0.25, 0.3) is 16.5 Å². The van der Waals surface area contributed by atoms with E-state index in [1.807, 2.05) is 17.9 Å². The van der Waals surface area contributed by atoms with Gasteiger partial charge in [0.1, 0.15) is 5.75 Å². The molecule has 144 valence electrons. The van der Waals surface area contributed by atoms with Crippen molar-refractivity contribution in [2.24, 2.45) is 0 Å². The average Bonchev–Trinajstić information content (AvgIpc) is 3.11. The standard InChI is InChI=1S/C21H27N3O3/c1-15-13-24(9-10-27-15)21(25)14-23-7-5-16(6-8-23)19-12-22-20-4-3-17(26-2)11-18(19)20/h3-5,11-12,15,22H,6-10,13-14H2,1-2H3/t15-/m0/s1. The van der Waals surface area contributed by atoms with Crippen molar-refractivity contribution >= 4 is 22.4 Å². The highest BCUT2D eigenvalue weighted by molar-refractivity contribution is 5.93. The minimum Gasteiger partial charge on any atom is -0.497 e. The van der Waals surface area contributed by atoms with E-state index in [0.29, 0.717) is 26.2 Å². The van der Waals surface area contributed by atoms with Crippen LogP contribution in [0, 0.1) is 0 Å². The van der Waals surface area contributed by atoms with Gasteiger partial charge in [0.05, 0.1) is 26.4 Å². The zero-order valence-corrected chi connectivity index (χ0v) is 16.0. The molecule has 0 saturated carbocycles. The summed E-state index contributed by atoms with van der Waals surface area (Å²) in [5, 5.41) is 1.19.